The second kappa shape index (κ2) is 13.7. The van der Waals surface area contributed by atoms with E-state index in [4.69, 9.17) is 9.47 Å². The number of carbonyl (C=O) groups excluding carboxylic acids is 4. The van der Waals surface area contributed by atoms with Gasteiger partial charge in [0.2, 0.25) is 11.8 Å². The summed E-state index contributed by atoms with van der Waals surface area (Å²) in [5, 5.41) is 15.6. The molecule has 0 radical (unpaired) electrons. The summed E-state index contributed by atoms with van der Waals surface area (Å²) in [6.45, 7) is 0.839. The highest BCUT2D eigenvalue weighted by Gasteiger charge is 2.61. The smallest absolute Gasteiger partial charge is 0.410 e. The standard InChI is InChI=1S/C34H44N4O8/c39-29-28-18-26(46-33(44)37-17-16-22-10-6-7-11-23(22)20-37)21-38(28)30(40)27(35-32(43)45-25-13-8-9-14-25)15-5-3-1-2-4-12-24-19-34(24,36-29)31(41)42/h4,6-7,10-12,24-28H,1-3,5,8-9,13-21H2,(H,35,43)(H,36,39)(H,41,42)/b12-4-/t24-,26-,27+,28+,34-/m1/s1. The molecule has 0 unspecified atom stereocenters. The number of ether oxygens (including phenoxy) is 2. The maximum Gasteiger partial charge on any atom is 0.410 e. The average molecular weight is 637 g/mol. The molecule has 5 aliphatic rings. The highest BCUT2D eigenvalue weighted by Crippen LogP contribution is 2.45. The number of fused-ring (bicyclic) bond motifs is 3. The number of rotatable bonds is 4. The zero-order valence-electron chi connectivity index (χ0n) is 26.2. The summed E-state index contributed by atoms with van der Waals surface area (Å²) < 4.78 is 11.5. The van der Waals surface area contributed by atoms with E-state index in [0.29, 0.717) is 32.4 Å². The number of hydrogen-bond donors (Lipinski definition) is 3. The van der Waals surface area contributed by atoms with Gasteiger partial charge in [-0.2, -0.15) is 0 Å². The molecule has 0 aromatic heterocycles. The summed E-state index contributed by atoms with van der Waals surface area (Å²) in [6, 6.07) is 5.91. The van der Waals surface area contributed by atoms with E-state index in [1.807, 2.05) is 36.4 Å². The van der Waals surface area contributed by atoms with Crippen LogP contribution in [-0.2, 0) is 36.8 Å². The maximum absolute atomic E-state index is 14.2. The fourth-order valence-corrected chi connectivity index (χ4v) is 7.35. The molecule has 2 saturated carbocycles. The molecule has 0 bridgehead atoms. The fraction of sp³-hybridized carbons (Fsp3) is 0.618. The Hall–Kier alpha value is -4.09. The summed E-state index contributed by atoms with van der Waals surface area (Å²) in [5.74, 6) is -2.56. The molecule has 3 aliphatic heterocycles. The molecule has 0 spiro atoms. The number of carbonyl (C=O) groups is 5. The first kappa shape index (κ1) is 31.9. The van der Waals surface area contributed by atoms with Gasteiger partial charge in [-0.15, -0.1) is 0 Å². The lowest BCUT2D eigenvalue weighted by atomic mass is 10.0. The van der Waals surface area contributed by atoms with Gasteiger partial charge in [0.05, 0.1) is 6.54 Å². The van der Waals surface area contributed by atoms with Crippen LogP contribution in [0.2, 0.25) is 0 Å². The van der Waals surface area contributed by atoms with E-state index in [1.165, 1.54) is 10.5 Å². The van der Waals surface area contributed by atoms with E-state index in [0.717, 1.165) is 50.5 Å². The summed E-state index contributed by atoms with van der Waals surface area (Å²) in [6.07, 6.45) is 9.60. The molecule has 3 fully saturated rings. The van der Waals surface area contributed by atoms with Gasteiger partial charge < -0.3 is 35.0 Å². The number of alkyl carbamates (subject to hydrolysis) is 1. The number of benzene rings is 1. The minimum atomic E-state index is -1.44. The lowest BCUT2D eigenvalue weighted by molar-refractivity contribution is -0.145. The minimum Gasteiger partial charge on any atom is -0.479 e. The van der Waals surface area contributed by atoms with Crippen LogP contribution in [0.15, 0.2) is 36.4 Å². The van der Waals surface area contributed by atoms with Crippen LogP contribution in [0.25, 0.3) is 0 Å². The van der Waals surface area contributed by atoms with Crippen LogP contribution in [0.3, 0.4) is 0 Å². The summed E-state index contributed by atoms with van der Waals surface area (Å²) >= 11 is 0. The van der Waals surface area contributed by atoms with Gasteiger partial charge in [-0.05, 0) is 68.9 Å². The normalized spacial score (nSPS) is 30.9. The lowest BCUT2D eigenvalue weighted by Crippen LogP contribution is -2.56. The third-order valence-corrected chi connectivity index (χ3v) is 10.1. The maximum atomic E-state index is 14.2. The van der Waals surface area contributed by atoms with Crippen LogP contribution in [0, 0.1) is 5.92 Å². The van der Waals surface area contributed by atoms with Gasteiger partial charge in [-0.25, -0.2) is 14.4 Å². The van der Waals surface area contributed by atoms with Crippen molar-refractivity contribution in [3.63, 3.8) is 0 Å². The van der Waals surface area contributed by atoms with Gasteiger partial charge >= 0.3 is 18.2 Å². The second-order valence-electron chi connectivity index (χ2n) is 13.3. The van der Waals surface area contributed by atoms with E-state index in [2.05, 4.69) is 10.6 Å². The van der Waals surface area contributed by atoms with E-state index in [9.17, 15) is 29.1 Å². The van der Waals surface area contributed by atoms with Crippen molar-refractivity contribution in [1.29, 1.82) is 0 Å². The largest absolute Gasteiger partial charge is 0.479 e. The van der Waals surface area contributed by atoms with Crippen molar-refractivity contribution < 1.29 is 38.6 Å². The SMILES string of the molecule is O=C(N[C@H]1CCCCC/C=C\[C@@H]2C[C@@]2(C(=O)O)NC(=O)[C@@H]2C[C@@H](OC(=O)N3CCc4ccccc4C3)CN2C1=O)OC1CCCC1. The van der Waals surface area contributed by atoms with E-state index in [-0.39, 0.29) is 31.4 Å². The molecular weight excluding hydrogens is 592 g/mol. The molecule has 1 aromatic carbocycles. The topological polar surface area (TPSA) is 155 Å². The predicted molar refractivity (Wildman–Crippen MR) is 165 cm³/mol. The van der Waals surface area contributed by atoms with Crippen molar-refractivity contribution >= 4 is 30.0 Å². The zero-order valence-corrected chi connectivity index (χ0v) is 26.2. The molecule has 4 amide bonds. The predicted octanol–water partition coefficient (Wildman–Crippen LogP) is 3.67. The zero-order chi connectivity index (χ0) is 32.3. The van der Waals surface area contributed by atoms with E-state index < -0.39 is 53.7 Å². The Kier molecular flexibility index (Phi) is 9.51. The monoisotopic (exact) mass is 636 g/mol. The van der Waals surface area contributed by atoms with Gasteiger partial charge in [-0.1, -0.05) is 49.3 Å². The van der Waals surface area contributed by atoms with Crippen LogP contribution < -0.4 is 10.6 Å². The van der Waals surface area contributed by atoms with Gasteiger partial charge in [0.25, 0.3) is 0 Å². The number of aliphatic carboxylic acids is 1. The number of allylic oxidation sites excluding steroid dienone is 1. The van der Waals surface area contributed by atoms with E-state index in [1.54, 1.807) is 4.90 Å². The van der Waals surface area contributed by atoms with Gasteiger partial charge in [-0.3, -0.25) is 9.59 Å². The summed E-state index contributed by atoms with van der Waals surface area (Å²) in [7, 11) is 0. The Bertz CT molecular complexity index is 1380. The van der Waals surface area contributed by atoms with Crippen LogP contribution >= 0.6 is 0 Å². The Balaban J connectivity index is 1.20. The average Bonchev–Trinajstić information content (AvgIpc) is 3.32. The van der Waals surface area contributed by atoms with Crippen molar-refractivity contribution in [1.82, 2.24) is 20.4 Å². The third kappa shape index (κ3) is 7.00. The van der Waals surface area contributed by atoms with Crippen molar-refractivity contribution in [2.24, 2.45) is 5.92 Å². The molecule has 46 heavy (non-hydrogen) atoms. The Morgan fingerprint density at radius 2 is 1.72 bits per heavy atom. The van der Waals surface area contributed by atoms with Gasteiger partial charge in [0.1, 0.15) is 29.8 Å². The Labute approximate surface area is 268 Å². The number of nitrogens with one attached hydrogen (secondary N) is 2. The Morgan fingerprint density at radius 3 is 2.50 bits per heavy atom. The van der Waals surface area contributed by atoms with Crippen LogP contribution in [0.1, 0.15) is 81.8 Å². The molecule has 1 aromatic rings. The summed E-state index contributed by atoms with van der Waals surface area (Å²) in [5.41, 5.74) is 0.789. The van der Waals surface area contributed by atoms with Crippen LogP contribution in [0.5, 0.6) is 0 Å². The van der Waals surface area contributed by atoms with Crippen LogP contribution in [0.4, 0.5) is 9.59 Å². The quantitative estimate of drug-likeness (QED) is 0.423. The number of carboxylic acid groups (broad SMARTS) is 1. The summed E-state index contributed by atoms with van der Waals surface area (Å²) in [4.78, 5) is 69.4. The van der Waals surface area contributed by atoms with Crippen molar-refractivity contribution in [3.05, 3.63) is 47.5 Å². The fourth-order valence-electron chi connectivity index (χ4n) is 7.35. The van der Waals surface area contributed by atoms with Crippen LogP contribution in [-0.4, -0.2) is 87.8 Å². The molecule has 1 saturated heterocycles. The number of nitrogens with zero attached hydrogens (tertiary/aromatic N) is 2. The first-order chi connectivity index (χ1) is 22.2. The van der Waals surface area contributed by atoms with E-state index >= 15 is 0 Å². The number of amides is 4. The molecule has 3 heterocycles. The number of hydrogen-bond acceptors (Lipinski definition) is 7. The Morgan fingerprint density at radius 1 is 0.957 bits per heavy atom. The molecule has 12 heteroatoms. The molecule has 3 N–H and O–H groups in total. The molecule has 12 nitrogen and oxygen atoms in total. The van der Waals surface area contributed by atoms with Crippen molar-refractivity contribution in [2.75, 3.05) is 13.1 Å². The molecule has 248 valence electrons. The minimum absolute atomic E-state index is 0.0170. The first-order valence-electron chi connectivity index (χ1n) is 16.8. The molecular formula is C34H44N4O8. The highest BCUT2D eigenvalue weighted by atomic mass is 16.6. The van der Waals surface area contributed by atoms with Gasteiger partial charge in [0.15, 0.2) is 0 Å². The van der Waals surface area contributed by atoms with Gasteiger partial charge in [0, 0.05) is 25.4 Å². The third-order valence-electron chi connectivity index (χ3n) is 10.1. The second-order valence-corrected chi connectivity index (χ2v) is 13.3. The van der Waals surface area contributed by atoms with Crippen molar-refractivity contribution in [3.8, 4) is 0 Å². The first-order valence-corrected chi connectivity index (χ1v) is 16.8. The number of carboxylic acids is 1. The highest BCUT2D eigenvalue weighted by molar-refractivity contribution is 5.96. The molecule has 6 rings (SSSR count). The molecule has 5 atom stereocenters. The lowest BCUT2D eigenvalue weighted by Gasteiger charge is -2.30. The van der Waals surface area contributed by atoms with Crippen molar-refractivity contribution in [2.45, 2.75) is 113 Å². The molecule has 2 aliphatic carbocycles.